The molecule has 0 saturated heterocycles. The molecule has 1 heterocycles. The van der Waals surface area contributed by atoms with Gasteiger partial charge in [-0.3, -0.25) is 0 Å². The first-order chi connectivity index (χ1) is 12.1. The summed E-state index contributed by atoms with van der Waals surface area (Å²) in [5.74, 6) is 1.03. The van der Waals surface area contributed by atoms with Gasteiger partial charge in [-0.2, -0.15) is 0 Å². The third-order valence-electron chi connectivity index (χ3n) is 4.10. The maximum absolute atomic E-state index is 12.5. The summed E-state index contributed by atoms with van der Waals surface area (Å²) >= 11 is 0. The number of nitrogens with one attached hydrogen (secondary N) is 2. The maximum atomic E-state index is 12.5. The lowest BCUT2D eigenvalue weighted by Crippen LogP contribution is -2.38. The summed E-state index contributed by atoms with van der Waals surface area (Å²) in [5, 5.41) is 3.03. The molecule has 130 valence electrons. The summed E-state index contributed by atoms with van der Waals surface area (Å²) in [6, 6.07) is 15.0. The van der Waals surface area contributed by atoms with E-state index in [1.54, 1.807) is 18.1 Å². The molecule has 2 aromatic carbocycles. The first kappa shape index (κ1) is 16.8. The van der Waals surface area contributed by atoms with E-state index >= 15 is 0 Å². The molecular formula is C19H22N4O2. The molecule has 1 aromatic heterocycles. The number of para-hydroxylation sites is 2. The van der Waals surface area contributed by atoms with Crippen LogP contribution in [0.4, 0.5) is 4.79 Å². The topological polar surface area (TPSA) is 68.2 Å². The van der Waals surface area contributed by atoms with E-state index in [1.165, 1.54) is 0 Å². The van der Waals surface area contributed by atoms with Crippen molar-refractivity contribution < 1.29 is 9.53 Å². The third kappa shape index (κ3) is 3.74. The van der Waals surface area contributed by atoms with E-state index in [2.05, 4.69) is 29.6 Å². The van der Waals surface area contributed by atoms with Gasteiger partial charge in [0.1, 0.15) is 12.1 Å². The van der Waals surface area contributed by atoms with E-state index in [4.69, 9.17) is 4.74 Å². The molecule has 0 aliphatic carbocycles. The molecule has 0 bridgehead atoms. The van der Waals surface area contributed by atoms with Crippen LogP contribution in [-0.2, 0) is 0 Å². The minimum Gasteiger partial charge on any atom is -0.497 e. The van der Waals surface area contributed by atoms with Gasteiger partial charge >= 0.3 is 6.03 Å². The number of urea groups is 1. The Labute approximate surface area is 146 Å². The molecule has 0 aliphatic rings. The Morgan fingerprint density at radius 3 is 2.52 bits per heavy atom. The van der Waals surface area contributed by atoms with Crippen molar-refractivity contribution in [2.24, 2.45) is 5.92 Å². The Balaban J connectivity index is 1.74. The van der Waals surface area contributed by atoms with E-state index in [0.717, 1.165) is 22.3 Å². The molecule has 0 saturated carbocycles. The second-order valence-corrected chi connectivity index (χ2v) is 6.18. The van der Waals surface area contributed by atoms with Crippen LogP contribution in [0.2, 0.25) is 0 Å². The molecule has 1 atom stereocenters. The molecular weight excluding hydrogens is 316 g/mol. The van der Waals surface area contributed by atoms with Gasteiger partial charge in [-0.1, -0.05) is 38.1 Å². The maximum Gasteiger partial charge on any atom is 0.334 e. The number of hydrogen-bond acceptors (Lipinski definition) is 3. The first-order valence-corrected chi connectivity index (χ1v) is 8.22. The lowest BCUT2D eigenvalue weighted by atomic mass is 9.96. The van der Waals surface area contributed by atoms with Gasteiger partial charge in [-0.25, -0.2) is 19.9 Å². The minimum absolute atomic E-state index is 0.110. The summed E-state index contributed by atoms with van der Waals surface area (Å²) < 4.78 is 6.81. The van der Waals surface area contributed by atoms with E-state index < -0.39 is 0 Å². The van der Waals surface area contributed by atoms with Crippen molar-refractivity contribution in [2.75, 3.05) is 12.5 Å². The Hall–Kier alpha value is -3.02. The molecule has 3 rings (SSSR count). The van der Waals surface area contributed by atoms with Gasteiger partial charge in [0.2, 0.25) is 0 Å². The van der Waals surface area contributed by atoms with Crippen LogP contribution < -0.4 is 15.5 Å². The molecule has 3 aromatic rings. The quantitative estimate of drug-likeness (QED) is 0.745. The van der Waals surface area contributed by atoms with Crippen molar-refractivity contribution in [3.63, 3.8) is 0 Å². The van der Waals surface area contributed by atoms with Crippen molar-refractivity contribution in [1.82, 2.24) is 15.0 Å². The predicted molar refractivity (Wildman–Crippen MR) is 98.2 cm³/mol. The number of carbonyl (C=O) groups is 1. The van der Waals surface area contributed by atoms with E-state index in [-0.39, 0.29) is 18.0 Å². The number of hydrogen-bond donors (Lipinski definition) is 2. The fraction of sp³-hybridized carbons (Fsp3) is 0.263. The SMILES string of the molecule is COc1ccc(C(NC(=O)Nn2cnc3ccccc32)C(C)C)cc1. The molecule has 0 radical (unpaired) electrons. The number of methoxy groups -OCH3 is 1. The molecule has 6 heteroatoms. The van der Waals surface area contributed by atoms with Crippen molar-refractivity contribution in [2.45, 2.75) is 19.9 Å². The van der Waals surface area contributed by atoms with Crippen LogP contribution in [0.25, 0.3) is 11.0 Å². The highest BCUT2D eigenvalue weighted by Crippen LogP contribution is 2.24. The second-order valence-electron chi connectivity index (χ2n) is 6.18. The van der Waals surface area contributed by atoms with Gasteiger partial charge in [0, 0.05) is 0 Å². The Morgan fingerprint density at radius 2 is 1.84 bits per heavy atom. The smallest absolute Gasteiger partial charge is 0.334 e. The molecule has 0 spiro atoms. The number of fused-ring (bicyclic) bond motifs is 1. The number of ether oxygens (including phenoxy) is 1. The van der Waals surface area contributed by atoms with Gasteiger partial charge in [-0.15, -0.1) is 0 Å². The molecule has 2 N–H and O–H groups in total. The summed E-state index contributed by atoms with van der Waals surface area (Å²) in [6.45, 7) is 4.14. The van der Waals surface area contributed by atoms with Crippen LogP contribution in [0.15, 0.2) is 54.9 Å². The Morgan fingerprint density at radius 1 is 1.12 bits per heavy atom. The number of benzene rings is 2. The van der Waals surface area contributed by atoms with Gasteiger partial charge in [-0.05, 0) is 35.7 Å². The predicted octanol–water partition coefficient (Wildman–Crippen LogP) is 3.70. The number of rotatable bonds is 5. The van der Waals surface area contributed by atoms with Gasteiger partial charge in [0.25, 0.3) is 0 Å². The number of imidazole rings is 1. The van der Waals surface area contributed by atoms with Crippen LogP contribution in [0.3, 0.4) is 0 Å². The highest BCUT2D eigenvalue weighted by atomic mass is 16.5. The zero-order valence-corrected chi connectivity index (χ0v) is 14.6. The second kappa shape index (κ2) is 7.25. The fourth-order valence-electron chi connectivity index (χ4n) is 2.78. The van der Waals surface area contributed by atoms with Crippen LogP contribution in [0, 0.1) is 5.92 Å². The molecule has 0 aliphatic heterocycles. The van der Waals surface area contributed by atoms with Crippen molar-refractivity contribution in [3.05, 3.63) is 60.4 Å². The van der Waals surface area contributed by atoms with E-state index in [9.17, 15) is 4.79 Å². The van der Waals surface area contributed by atoms with E-state index in [1.807, 2.05) is 48.5 Å². The van der Waals surface area contributed by atoms with Crippen molar-refractivity contribution >= 4 is 17.1 Å². The fourth-order valence-corrected chi connectivity index (χ4v) is 2.78. The molecule has 0 fully saturated rings. The molecule has 6 nitrogen and oxygen atoms in total. The Kier molecular flexibility index (Phi) is 4.88. The number of carbonyl (C=O) groups excluding carboxylic acids is 1. The molecule has 25 heavy (non-hydrogen) atoms. The molecule has 1 unspecified atom stereocenters. The largest absolute Gasteiger partial charge is 0.497 e. The number of aromatic nitrogens is 2. The van der Waals surface area contributed by atoms with Crippen LogP contribution in [-0.4, -0.2) is 22.8 Å². The average molecular weight is 338 g/mol. The van der Waals surface area contributed by atoms with Gasteiger partial charge in [0.05, 0.1) is 24.2 Å². The zero-order chi connectivity index (χ0) is 17.8. The number of nitrogens with zero attached hydrogens (tertiary/aromatic N) is 2. The summed E-state index contributed by atoms with van der Waals surface area (Å²) in [6.07, 6.45) is 1.60. The van der Waals surface area contributed by atoms with Gasteiger partial charge < -0.3 is 10.1 Å². The normalized spacial score (nSPS) is 12.2. The number of amides is 2. The summed E-state index contributed by atoms with van der Waals surface area (Å²) in [7, 11) is 1.63. The minimum atomic E-state index is -0.280. The average Bonchev–Trinajstić information content (AvgIpc) is 3.03. The van der Waals surface area contributed by atoms with Gasteiger partial charge in [0.15, 0.2) is 0 Å². The lowest BCUT2D eigenvalue weighted by molar-refractivity contribution is 0.242. The lowest BCUT2D eigenvalue weighted by Gasteiger charge is -2.23. The molecule has 2 amide bonds. The summed E-state index contributed by atoms with van der Waals surface area (Å²) in [4.78, 5) is 16.7. The highest BCUT2D eigenvalue weighted by molar-refractivity contribution is 5.85. The van der Waals surface area contributed by atoms with Crippen LogP contribution in [0.1, 0.15) is 25.5 Å². The first-order valence-electron chi connectivity index (χ1n) is 8.22. The monoisotopic (exact) mass is 338 g/mol. The van der Waals surface area contributed by atoms with Crippen molar-refractivity contribution in [3.8, 4) is 5.75 Å². The van der Waals surface area contributed by atoms with Crippen molar-refractivity contribution in [1.29, 1.82) is 0 Å². The standard InChI is InChI=1S/C19H22N4O2/c1-13(2)18(14-8-10-15(25-3)11-9-14)21-19(24)22-23-12-20-16-6-4-5-7-17(16)23/h4-13,18H,1-3H3,(H2,21,22,24). The Bertz CT molecular complexity index is 855. The highest BCUT2D eigenvalue weighted by Gasteiger charge is 2.19. The van der Waals surface area contributed by atoms with E-state index in [0.29, 0.717) is 0 Å². The zero-order valence-electron chi connectivity index (χ0n) is 14.6. The van der Waals surface area contributed by atoms with Crippen LogP contribution in [0.5, 0.6) is 5.75 Å². The third-order valence-corrected chi connectivity index (χ3v) is 4.10. The summed E-state index contributed by atoms with van der Waals surface area (Å²) in [5.41, 5.74) is 5.53. The van der Waals surface area contributed by atoms with Crippen LogP contribution >= 0.6 is 0 Å².